The Morgan fingerprint density at radius 2 is 1.80 bits per heavy atom. The minimum atomic E-state index is -1.01. The van der Waals surface area contributed by atoms with E-state index in [0.29, 0.717) is 22.9 Å². The summed E-state index contributed by atoms with van der Waals surface area (Å²) in [5.41, 5.74) is 4.36. The molecule has 0 aliphatic carbocycles. The van der Waals surface area contributed by atoms with Crippen LogP contribution in [0.4, 0.5) is 11.4 Å². The molecule has 3 aromatic rings. The summed E-state index contributed by atoms with van der Waals surface area (Å²) >= 11 is 6.44. The fourth-order valence-corrected chi connectivity index (χ4v) is 4.30. The molecule has 0 fully saturated rings. The van der Waals surface area contributed by atoms with Gasteiger partial charge in [-0.3, -0.25) is 9.69 Å². The quantitative estimate of drug-likeness (QED) is 0.602. The van der Waals surface area contributed by atoms with Crippen LogP contribution < -0.4 is 9.64 Å². The first-order valence-electron chi connectivity index (χ1n) is 9.50. The monoisotopic (exact) mass is 421 g/mol. The lowest BCUT2D eigenvalue weighted by Gasteiger charge is -2.19. The van der Waals surface area contributed by atoms with E-state index in [-0.39, 0.29) is 11.5 Å². The lowest BCUT2D eigenvalue weighted by Crippen LogP contribution is -2.25. The van der Waals surface area contributed by atoms with E-state index in [2.05, 4.69) is 0 Å². The Labute approximate surface area is 179 Å². The molecule has 0 bridgehead atoms. The van der Waals surface area contributed by atoms with Crippen LogP contribution in [-0.4, -0.2) is 24.1 Å². The molecule has 5 nitrogen and oxygen atoms in total. The van der Waals surface area contributed by atoms with Gasteiger partial charge in [0.15, 0.2) is 0 Å². The smallest absolute Gasteiger partial charge is 0.335 e. The van der Waals surface area contributed by atoms with Gasteiger partial charge in [0.1, 0.15) is 5.75 Å². The highest BCUT2D eigenvalue weighted by Gasteiger charge is 2.39. The van der Waals surface area contributed by atoms with Crippen LogP contribution in [0.25, 0.3) is 0 Å². The predicted molar refractivity (Wildman–Crippen MR) is 116 cm³/mol. The molecule has 0 saturated carbocycles. The second-order valence-electron chi connectivity index (χ2n) is 7.21. The molecule has 152 valence electrons. The number of carbonyl (C=O) groups is 2. The fraction of sp³-hybridized carbons (Fsp3) is 0.167. The van der Waals surface area contributed by atoms with Crippen LogP contribution in [0.3, 0.4) is 0 Å². The SMILES string of the molecule is COc1cccc(Cl)c1CC1C(=O)N(c2ccc(C(=O)O)cc2)c2cccc(C)c21. The van der Waals surface area contributed by atoms with Gasteiger partial charge in [-0.1, -0.05) is 29.8 Å². The van der Waals surface area contributed by atoms with E-state index in [4.69, 9.17) is 21.4 Å². The number of fused-ring (bicyclic) bond motifs is 1. The Kier molecular flexibility index (Phi) is 5.22. The van der Waals surface area contributed by atoms with Crippen molar-refractivity contribution in [3.8, 4) is 5.75 Å². The van der Waals surface area contributed by atoms with Gasteiger partial charge >= 0.3 is 5.97 Å². The van der Waals surface area contributed by atoms with Crippen molar-refractivity contribution in [1.82, 2.24) is 0 Å². The summed E-state index contributed by atoms with van der Waals surface area (Å²) in [6.07, 6.45) is 0.406. The number of anilines is 2. The summed E-state index contributed by atoms with van der Waals surface area (Å²) < 4.78 is 5.47. The first-order valence-corrected chi connectivity index (χ1v) is 9.88. The Balaban J connectivity index is 1.79. The van der Waals surface area contributed by atoms with Gasteiger partial charge in [-0.25, -0.2) is 4.79 Å². The van der Waals surface area contributed by atoms with Crippen LogP contribution in [0.2, 0.25) is 5.02 Å². The minimum Gasteiger partial charge on any atom is -0.496 e. The Bertz CT molecular complexity index is 1140. The van der Waals surface area contributed by atoms with Crippen LogP contribution in [0.1, 0.15) is 33.0 Å². The number of hydrogen-bond acceptors (Lipinski definition) is 3. The van der Waals surface area contributed by atoms with E-state index in [0.717, 1.165) is 22.4 Å². The van der Waals surface area contributed by atoms with Crippen molar-refractivity contribution in [2.45, 2.75) is 19.3 Å². The van der Waals surface area contributed by atoms with Crippen molar-refractivity contribution in [2.75, 3.05) is 12.0 Å². The van der Waals surface area contributed by atoms with Crippen molar-refractivity contribution in [2.24, 2.45) is 0 Å². The van der Waals surface area contributed by atoms with Crippen LogP contribution in [-0.2, 0) is 11.2 Å². The molecule has 1 atom stereocenters. The molecular weight excluding hydrogens is 402 g/mol. The zero-order chi connectivity index (χ0) is 21.4. The van der Waals surface area contributed by atoms with Crippen molar-refractivity contribution >= 4 is 34.9 Å². The summed E-state index contributed by atoms with van der Waals surface area (Å²) in [7, 11) is 1.58. The third-order valence-corrected chi connectivity index (χ3v) is 5.84. The zero-order valence-electron chi connectivity index (χ0n) is 16.6. The highest BCUT2D eigenvalue weighted by molar-refractivity contribution is 6.31. The molecule has 1 unspecified atom stereocenters. The zero-order valence-corrected chi connectivity index (χ0v) is 17.3. The van der Waals surface area contributed by atoms with Gasteiger partial charge < -0.3 is 9.84 Å². The number of carboxylic acids is 1. The molecule has 0 saturated heterocycles. The molecule has 0 aromatic heterocycles. The van der Waals surface area contributed by atoms with Crippen LogP contribution in [0, 0.1) is 6.92 Å². The lowest BCUT2D eigenvalue weighted by atomic mass is 9.90. The van der Waals surface area contributed by atoms with E-state index in [1.165, 1.54) is 12.1 Å². The fourth-order valence-electron chi connectivity index (χ4n) is 4.05. The van der Waals surface area contributed by atoms with Crippen molar-refractivity contribution < 1.29 is 19.4 Å². The molecule has 4 rings (SSSR count). The Morgan fingerprint density at radius 3 is 2.47 bits per heavy atom. The van der Waals surface area contributed by atoms with Crippen molar-refractivity contribution in [3.05, 3.63) is 87.9 Å². The van der Waals surface area contributed by atoms with E-state index in [1.54, 1.807) is 30.2 Å². The number of rotatable bonds is 5. The first kappa shape index (κ1) is 20.0. The highest BCUT2D eigenvalue weighted by Crippen LogP contribution is 2.46. The van der Waals surface area contributed by atoms with Gasteiger partial charge in [-0.2, -0.15) is 0 Å². The molecule has 0 radical (unpaired) electrons. The van der Waals surface area contributed by atoms with Crippen LogP contribution in [0.15, 0.2) is 60.7 Å². The van der Waals surface area contributed by atoms with E-state index < -0.39 is 11.9 Å². The van der Waals surface area contributed by atoms with Crippen LogP contribution in [0.5, 0.6) is 5.75 Å². The number of ether oxygens (including phenoxy) is 1. The molecular formula is C24H20ClNO4. The van der Waals surface area contributed by atoms with Crippen LogP contribution >= 0.6 is 11.6 Å². The van der Waals surface area contributed by atoms with E-state index in [1.807, 2.05) is 37.3 Å². The van der Waals surface area contributed by atoms with Gasteiger partial charge in [0.2, 0.25) is 5.91 Å². The van der Waals surface area contributed by atoms with Gasteiger partial charge in [0.05, 0.1) is 24.3 Å². The lowest BCUT2D eigenvalue weighted by molar-refractivity contribution is -0.118. The predicted octanol–water partition coefficient (Wildman–Crippen LogP) is 5.36. The van der Waals surface area contributed by atoms with Crippen molar-refractivity contribution in [3.63, 3.8) is 0 Å². The number of carbonyl (C=O) groups excluding carboxylic acids is 1. The van der Waals surface area contributed by atoms with Gasteiger partial charge in [-0.15, -0.1) is 0 Å². The number of carboxylic acid groups (broad SMARTS) is 1. The largest absolute Gasteiger partial charge is 0.496 e. The maximum Gasteiger partial charge on any atom is 0.335 e. The first-order chi connectivity index (χ1) is 14.4. The molecule has 1 heterocycles. The molecule has 3 aromatic carbocycles. The second kappa shape index (κ2) is 7.84. The Hall–Kier alpha value is -3.31. The Morgan fingerprint density at radius 1 is 1.10 bits per heavy atom. The molecule has 1 amide bonds. The summed E-state index contributed by atoms with van der Waals surface area (Å²) in [4.78, 5) is 26.4. The number of methoxy groups -OCH3 is 1. The summed E-state index contributed by atoms with van der Waals surface area (Å²) in [6, 6.07) is 17.6. The number of amides is 1. The summed E-state index contributed by atoms with van der Waals surface area (Å²) in [6.45, 7) is 1.99. The minimum absolute atomic E-state index is 0.0793. The van der Waals surface area contributed by atoms with E-state index >= 15 is 0 Å². The molecule has 30 heavy (non-hydrogen) atoms. The number of aromatic carboxylic acids is 1. The normalized spacial score (nSPS) is 15.2. The summed E-state index contributed by atoms with van der Waals surface area (Å²) in [5.74, 6) is -0.859. The number of benzene rings is 3. The average molecular weight is 422 g/mol. The van der Waals surface area contributed by atoms with Gasteiger partial charge in [0, 0.05) is 16.3 Å². The topological polar surface area (TPSA) is 66.8 Å². The number of hydrogen-bond donors (Lipinski definition) is 1. The maximum atomic E-state index is 13.6. The maximum absolute atomic E-state index is 13.6. The van der Waals surface area contributed by atoms with Crippen molar-refractivity contribution in [1.29, 1.82) is 0 Å². The molecule has 1 aliphatic rings. The van der Waals surface area contributed by atoms with Gasteiger partial charge in [-0.05, 0) is 66.9 Å². The highest BCUT2D eigenvalue weighted by atomic mass is 35.5. The molecule has 1 aliphatic heterocycles. The summed E-state index contributed by atoms with van der Waals surface area (Å²) in [5, 5.41) is 9.72. The van der Waals surface area contributed by atoms with Gasteiger partial charge in [0.25, 0.3) is 0 Å². The van der Waals surface area contributed by atoms with E-state index in [9.17, 15) is 9.59 Å². The second-order valence-corrected chi connectivity index (χ2v) is 7.62. The molecule has 0 spiro atoms. The number of nitrogens with zero attached hydrogens (tertiary/aromatic N) is 1. The number of aryl methyl sites for hydroxylation is 1. The standard InChI is InChI=1S/C24H20ClNO4/c1-14-5-3-7-20-22(14)18(13-17-19(25)6-4-8-21(17)30-2)23(27)26(20)16-11-9-15(10-12-16)24(28)29/h3-12,18H,13H2,1-2H3,(H,28,29). The third kappa shape index (κ3) is 3.31. The number of halogens is 1. The molecule has 1 N–H and O–H groups in total. The third-order valence-electron chi connectivity index (χ3n) is 5.49. The molecule has 6 heteroatoms. The average Bonchev–Trinajstić information content (AvgIpc) is 3.02.